The van der Waals surface area contributed by atoms with Crippen LogP contribution in [0.25, 0.3) is 0 Å². The summed E-state index contributed by atoms with van der Waals surface area (Å²) in [7, 11) is 0. The number of hydrogen-bond acceptors (Lipinski definition) is 7. The van der Waals surface area contributed by atoms with Crippen molar-refractivity contribution >= 4 is 41.3 Å². The number of nitro benzene ring substituents is 1. The molecule has 3 rings (SSSR count). The van der Waals surface area contributed by atoms with Gasteiger partial charge in [-0.3, -0.25) is 19.7 Å². The zero-order valence-electron chi connectivity index (χ0n) is 18.8. The van der Waals surface area contributed by atoms with Crippen LogP contribution in [0.1, 0.15) is 39.1 Å². The van der Waals surface area contributed by atoms with E-state index in [4.69, 9.17) is 16.3 Å². The number of ether oxygens (including phenoxy) is 1. The van der Waals surface area contributed by atoms with Gasteiger partial charge in [0.15, 0.2) is 0 Å². The van der Waals surface area contributed by atoms with Crippen molar-refractivity contribution in [1.82, 2.24) is 10.7 Å². The van der Waals surface area contributed by atoms with Crippen LogP contribution in [0.4, 0.5) is 5.69 Å². The van der Waals surface area contributed by atoms with Crippen molar-refractivity contribution in [3.8, 4) is 5.75 Å². The van der Waals surface area contributed by atoms with Crippen LogP contribution in [-0.4, -0.2) is 35.5 Å². The van der Waals surface area contributed by atoms with E-state index in [9.17, 15) is 24.5 Å². The summed E-state index contributed by atoms with van der Waals surface area (Å²) in [5.41, 5.74) is 3.20. The summed E-state index contributed by atoms with van der Waals surface area (Å²) in [4.78, 5) is 46.6. The number of benzene rings is 3. The molecule has 0 unspecified atom stereocenters. The Bertz CT molecular complexity index is 1310. The molecule has 0 atom stereocenters. The molecule has 10 nitrogen and oxygen atoms in total. The number of non-ortho nitro benzene ring substituents is 1. The molecule has 0 aliphatic heterocycles. The van der Waals surface area contributed by atoms with Gasteiger partial charge in [0.1, 0.15) is 5.75 Å². The first kappa shape index (κ1) is 26.0. The van der Waals surface area contributed by atoms with E-state index in [0.717, 1.165) is 0 Å². The molecule has 0 aliphatic rings. The Hall–Kier alpha value is -4.57. The molecule has 0 spiro atoms. The van der Waals surface area contributed by atoms with E-state index in [1.807, 2.05) is 0 Å². The molecular weight excluding hydrogens is 488 g/mol. The standard InChI is InChI=1S/C25H21ClN4O6/c26-22-11-2-1-10-21(22)25(33)36-20-9-3-6-17(14-20)16-28-29-23(31)12-5-13-27-24(32)18-7-4-8-19(15-18)30(34)35/h1-4,6-11,14-16H,5,12-13H2,(H,27,32)(H,29,31). The van der Waals surface area contributed by atoms with Crippen LogP contribution >= 0.6 is 11.6 Å². The fraction of sp³-hybridized carbons (Fsp3) is 0.120. The van der Waals surface area contributed by atoms with Crippen molar-refractivity contribution in [2.45, 2.75) is 12.8 Å². The summed E-state index contributed by atoms with van der Waals surface area (Å²) in [6.07, 6.45) is 1.84. The largest absolute Gasteiger partial charge is 0.423 e. The summed E-state index contributed by atoms with van der Waals surface area (Å²) in [5.74, 6) is -1.14. The van der Waals surface area contributed by atoms with Crippen molar-refractivity contribution < 1.29 is 24.0 Å². The third kappa shape index (κ3) is 7.74. The maximum absolute atomic E-state index is 12.3. The van der Waals surface area contributed by atoms with Crippen LogP contribution in [0.15, 0.2) is 77.9 Å². The number of nitro groups is 1. The lowest BCUT2D eigenvalue weighted by Crippen LogP contribution is -2.26. The minimum atomic E-state index is -0.597. The Labute approximate surface area is 211 Å². The number of carbonyl (C=O) groups excluding carboxylic acids is 3. The molecule has 2 amide bonds. The molecule has 36 heavy (non-hydrogen) atoms. The van der Waals surface area contributed by atoms with Gasteiger partial charge >= 0.3 is 5.97 Å². The highest BCUT2D eigenvalue weighted by atomic mass is 35.5. The number of nitrogens with zero attached hydrogens (tertiary/aromatic N) is 2. The van der Waals surface area contributed by atoms with Crippen molar-refractivity contribution in [1.29, 1.82) is 0 Å². The van der Waals surface area contributed by atoms with Crippen LogP contribution < -0.4 is 15.5 Å². The molecule has 0 fully saturated rings. The van der Waals surface area contributed by atoms with Gasteiger partial charge in [-0.25, -0.2) is 10.2 Å². The second-order valence-electron chi connectivity index (χ2n) is 7.40. The highest BCUT2D eigenvalue weighted by molar-refractivity contribution is 6.33. The molecule has 3 aromatic rings. The van der Waals surface area contributed by atoms with Crippen molar-refractivity contribution in [2.24, 2.45) is 5.10 Å². The van der Waals surface area contributed by atoms with Crippen molar-refractivity contribution in [3.63, 3.8) is 0 Å². The van der Waals surface area contributed by atoms with Crippen LogP contribution in [-0.2, 0) is 4.79 Å². The lowest BCUT2D eigenvalue weighted by molar-refractivity contribution is -0.384. The smallest absolute Gasteiger partial charge is 0.345 e. The lowest BCUT2D eigenvalue weighted by Gasteiger charge is -2.06. The van der Waals surface area contributed by atoms with Gasteiger partial charge < -0.3 is 10.1 Å². The van der Waals surface area contributed by atoms with Gasteiger partial charge in [0, 0.05) is 30.7 Å². The zero-order chi connectivity index (χ0) is 25.9. The average Bonchev–Trinajstić information content (AvgIpc) is 2.87. The summed E-state index contributed by atoms with van der Waals surface area (Å²) in [6, 6.07) is 18.5. The first-order valence-electron chi connectivity index (χ1n) is 10.7. The Morgan fingerprint density at radius 2 is 1.81 bits per heavy atom. The Balaban J connectivity index is 1.42. The van der Waals surface area contributed by atoms with E-state index >= 15 is 0 Å². The molecule has 3 aromatic carbocycles. The number of hydrogen-bond donors (Lipinski definition) is 2. The minimum Gasteiger partial charge on any atom is -0.423 e. The maximum Gasteiger partial charge on any atom is 0.345 e. The molecule has 0 saturated heterocycles. The summed E-state index contributed by atoms with van der Waals surface area (Å²) in [6.45, 7) is 0.206. The van der Waals surface area contributed by atoms with E-state index in [1.165, 1.54) is 30.5 Å². The molecule has 0 saturated carbocycles. The molecule has 11 heteroatoms. The Morgan fingerprint density at radius 1 is 1.03 bits per heavy atom. The van der Waals surface area contributed by atoms with E-state index in [1.54, 1.807) is 48.5 Å². The normalized spacial score (nSPS) is 10.6. The molecule has 2 N–H and O–H groups in total. The predicted octanol–water partition coefficient (Wildman–Crippen LogP) is 4.13. The van der Waals surface area contributed by atoms with E-state index in [-0.39, 0.29) is 46.5 Å². The number of hydrazone groups is 1. The van der Waals surface area contributed by atoms with E-state index in [0.29, 0.717) is 12.0 Å². The monoisotopic (exact) mass is 508 g/mol. The van der Waals surface area contributed by atoms with Gasteiger partial charge in [-0.05, 0) is 42.3 Å². The number of amides is 2. The van der Waals surface area contributed by atoms with E-state index in [2.05, 4.69) is 15.8 Å². The number of esters is 1. The quantitative estimate of drug-likeness (QED) is 0.105. The van der Waals surface area contributed by atoms with Crippen LogP contribution in [0.5, 0.6) is 5.75 Å². The fourth-order valence-electron chi connectivity index (χ4n) is 3.00. The van der Waals surface area contributed by atoms with Gasteiger partial charge in [0.05, 0.1) is 21.7 Å². The van der Waals surface area contributed by atoms with Gasteiger partial charge in [-0.2, -0.15) is 5.10 Å². The SMILES string of the molecule is O=C(CCCNC(=O)c1cccc([N+](=O)[O-])c1)NN=Cc1cccc(OC(=O)c2ccccc2Cl)c1. The Morgan fingerprint density at radius 3 is 2.58 bits per heavy atom. The molecule has 0 radical (unpaired) electrons. The zero-order valence-corrected chi connectivity index (χ0v) is 19.6. The average molecular weight is 509 g/mol. The number of carbonyl (C=O) groups is 3. The first-order chi connectivity index (χ1) is 17.3. The Kier molecular flexibility index (Phi) is 9.24. The van der Waals surface area contributed by atoms with Crippen LogP contribution in [0.3, 0.4) is 0 Å². The van der Waals surface area contributed by atoms with Gasteiger partial charge in [0.2, 0.25) is 5.91 Å². The van der Waals surface area contributed by atoms with Crippen LogP contribution in [0.2, 0.25) is 5.02 Å². The molecule has 0 heterocycles. The molecule has 0 aromatic heterocycles. The van der Waals surface area contributed by atoms with Gasteiger partial charge in [-0.1, -0.05) is 41.9 Å². The van der Waals surface area contributed by atoms with Gasteiger partial charge in [-0.15, -0.1) is 0 Å². The lowest BCUT2D eigenvalue weighted by atomic mass is 10.2. The topological polar surface area (TPSA) is 140 Å². The molecule has 184 valence electrons. The number of halogens is 1. The fourth-order valence-corrected chi connectivity index (χ4v) is 3.21. The molecule has 0 bridgehead atoms. The summed E-state index contributed by atoms with van der Waals surface area (Å²) < 4.78 is 5.34. The van der Waals surface area contributed by atoms with Gasteiger partial charge in [0.25, 0.3) is 11.6 Å². The van der Waals surface area contributed by atoms with Crippen LogP contribution in [0, 0.1) is 10.1 Å². The third-order valence-electron chi connectivity index (χ3n) is 4.75. The number of nitrogens with one attached hydrogen (secondary N) is 2. The predicted molar refractivity (Wildman–Crippen MR) is 133 cm³/mol. The molecule has 0 aliphatic carbocycles. The summed E-state index contributed by atoms with van der Waals surface area (Å²) >= 11 is 6.01. The molecular formula is C25H21ClN4O6. The van der Waals surface area contributed by atoms with Crippen molar-refractivity contribution in [3.05, 3.63) is 105 Å². The third-order valence-corrected chi connectivity index (χ3v) is 5.08. The minimum absolute atomic E-state index is 0.0993. The number of rotatable bonds is 10. The second-order valence-corrected chi connectivity index (χ2v) is 7.81. The van der Waals surface area contributed by atoms with E-state index < -0.39 is 16.8 Å². The highest BCUT2D eigenvalue weighted by Crippen LogP contribution is 2.19. The summed E-state index contributed by atoms with van der Waals surface area (Å²) in [5, 5.41) is 17.6. The first-order valence-corrected chi connectivity index (χ1v) is 11.1. The second kappa shape index (κ2) is 12.8. The maximum atomic E-state index is 12.3. The highest BCUT2D eigenvalue weighted by Gasteiger charge is 2.13. The van der Waals surface area contributed by atoms with Crippen molar-refractivity contribution in [2.75, 3.05) is 6.54 Å².